The van der Waals surface area contributed by atoms with Gasteiger partial charge in [0.2, 0.25) is 19.7 Å². The van der Waals surface area contributed by atoms with Gasteiger partial charge in [-0.3, -0.25) is 0 Å². The summed E-state index contributed by atoms with van der Waals surface area (Å²) in [4.78, 5) is 7.15. The van der Waals surface area contributed by atoms with Crippen LogP contribution in [-0.4, -0.2) is 41.0 Å². The van der Waals surface area contributed by atoms with Crippen LogP contribution < -0.4 is 9.47 Å². The highest BCUT2D eigenvalue weighted by atomic mass is 32.2. The molecule has 8 nitrogen and oxygen atoms in total. The van der Waals surface area contributed by atoms with Gasteiger partial charge in [0.25, 0.3) is 0 Å². The SMILES string of the molecule is COc1ccc(S(=O)(=O)c2ccc(S(=O)(=O)c3ccc(OC)cc3)c3[nH]c(C)nc23)cc1. The number of aryl methyl sites for hydroxylation is 1. The number of aromatic amines is 1. The van der Waals surface area contributed by atoms with Crippen molar-refractivity contribution in [1.82, 2.24) is 9.97 Å². The van der Waals surface area contributed by atoms with Crippen molar-refractivity contribution in [2.45, 2.75) is 26.5 Å². The molecular formula is C22H20N2O6S2. The lowest BCUT2D eigenvalue weighted by molar-refractivity contribution is 0.414. The smallest absolute Gasteiger partial charge is 0.208 e. The zero-order valence-electron chi connectivity index (χ0n) is 17.5. The predicted molar refractivity (Wildman–Crippen MR) is 118 cm³/mol. The first-order chi connectivity index (χ1) is 15.2. The maximum Gasteiger partial charge on any atom is 0.208 e. The van der Waals surface area contributed by atoms with E-state index in [9.17, 15) is 16.8 Å². The van der Waals surface area contributed by atoms with E-state index in [0.717, 1.165) is 0 Å². The Balaban J connectivity index is 1.89. The Morgan fingerprint density at radius 3 is 1.59 bits per heavy atom. The average Bonchev–Trinajstić information content (AvgIpc) is 3.19. The molecule has 1 N–H and O–H groups in total. The van der Waals surface area contributed by atoms with Gasteiger partial charge in [0.15, 0.2) is 0 Å². The number of benzene rings is 3. The van der Waals surface area contributed by atoms with Crippen LogP contribution in [0.4, 0.5) is 0 Å². The molecule has 0 saturated heterocycles. The summed E-state index contributed by atoms with van der Waals surface area (Å²) >= 11 is 0. The molecule has 0 bridgehead atoms. The second-order valence-electron chi connectivity index (χ2n) is 6.97. The summed E-state index contributed by atoms with van der Waals surface area (Å²) in [5, 5.41) is 0. The number of fused-ring (bicyclic) bond motifs is 1. The minimum atomic E-state index is -3.96. The number of ether oxygens (including phenoxy) is 2. The normalized spacial score (nSPS) is 12.1. The van der Waals surface area contributed by atoms with Crippen molar-refractivity contribution < 1.29 is 26.3 Å². The number of aromatic nitrogens is 2. The number of methoxy groups -OCH3 is 2. The van der Waals surface area contributed by atoms with E-state index in [-0.39, 0.29) is 30.6 Å². The third-order valence-electron chi connectivity index (χ3n) is 5.01. The quantitative estimate of drug-likeness (QED) is 0.456. The summed E-state index contributed by atoms with van der Waals surface area (Å²) in [6.45, 7) is 1.63. The van der Waals surface area contributed by atoms with Crippen molar-refractivity contribution in [2.75, 3.05) is 14.2 Å². The van der Waals surface area contributed by atoms with Crippen molar-refractivity contribution in [1.29, 1.82) is 0 Å². The number of hydrogen-bond donors (Lipinski definition) is 1. The van der Waals surface area contributed by atoms with Gasteiger partial charge >= 0.3 is 0 Å². The Kier molecular flexibility index (Phi) is 5.43. The molecule has 0 fully saturated rings. The lowest BCUT2D eigenvalue weighted by Crippen LogP contribution is -2.07. The van der Waals surface area contributed by atoms with Crippen molar-refractivity contribution in [2.24, 2.45) is 0 Å². The summed E-state index contributed by atoms with van der Waals surface area (Å²) in [5.41, 5.74) is 0.195. The molecule has 0 aliphatic heterocycles. The van der Waals surface area contributed by atoms with E-state index in [0.29, 0.717) is 17.3 Å². The van der Waals surface area contributed by atoms with Crippen molar-refractivity contribution in [3.05, 3.63) is 66.5 Å². The van der Waals surface area contributed by atoms with E-state index >= 15 is 0 Å². The summed E-state index contributed by atoms with van der Waals surface area (Å²) < 4.78 is 63.4. The van der Waals surface area contributed by atoms with Crippen LogP contribution in [-0.2, 0) is 19.7 Å². The predicted octanol–water partition coefficient (Wildman–Crippen LogP) is 3.55. The largest absolute Gasteiger partial charge is 0.497 e. The van der Waals surface area contributed by atoms with Gasteiger partial charge in [-0.1, -0.05) is 0 Å². The fraction of sp³-hybridized carbons (Fsp3) is 0.136. The highest BCUT2D eigenvalue weighted by Crippen LogP contribution is 2.34. The minimum absolute atomic E-state index is 0.0472. The fourth-order valence-corrected chi connectivity index (χ4v) is 6.18. The third kappa shape index (κ3) is 3.61. The summed E-state index contributed by atoms with van der Waals surface area (Å²) in [7, 11) is -4.94. The number of rotatable bonds is 6. The van der Waals surface area contributed by atoms with Gasteiger partial charge in [0.1, 0.15) is 22.8 Å². The summed E-state index contributed by atoms with van der Waals surface area (Å²) in [6, 6.07) is 14.5. The second-order valence-corrected chi connectivity index (χ2v) is 10.8. The fourth-order valence-electron chi connectivity index (χ4n) is 3.37. The standard InChI is InChI=1S/C22H20N2O6S2/c1-14-23-21-19(31(25,26)17-8-4-15(29-2)5-9-17)12-13-20(22(21)24-14)32(27,28)18-10-6-16(30-3)7-11-18/h4-13H,1-3H3,(H,23,24). The number of sulfone groups is 2. The van der Waals surface area contributed by atoms with Crippen LogP contribution in [0, 0.1) is 6.92 Å². The molecule has 0 atom stereocenters. The van der Waals surface area contributed by atoms with Crippen LogP contribution in [0.25, 0.3) is 11.0 Å². The van der Waals surface area contributed by atoms with Crippen LogP contribution in [0.3, 0.4) is 0 Å². The van der Waals surface area contributed by atoms with Gasteiger partial charge < -0.3 is 14.5 Å². The molecule has 3 aromatic carbocycles. The molecule has 0 unspecified atom stereocenters. The van der Waals surface area contributed by atoms with Crippen LogP contribution in [0.2, 0.25) is 0 Å². The van der Waals surface area contributed by atoms with E-state index in [1.807, 2.05) is 0 Å². The minimum Gasteiger partial charge on any atom is -0.497 e. The Bertz CT molecular complexity index is 1390. The third-order valence-corrected chi connectivity index (χ3v) is 8.62. The first kappa shape index (κ1) is 21.8. The molecule has 32 heavy (non-hydrogen) atoms. The zero-order valence-corrected chi connectivity index (χ0v) is 19.1. The summed E-state index contributed by atoms with van der Waals surface area (Å²) in [6.07, 6.45) is 0. The molecule has 0 aliphatic rings. The number of imidazole rings is 1. The van der Waals surface area contributed by atoms with Crippen molar-refractivity contribution >= 4 is 30.7 Å². The molecule has 0 saturated carbocycles. The Morgan fingerprint density at radius 1 is 0.688 bits per heavy atom. The molecule has 166 valence electrons. The second kappa shape index (κ2) is 7.95. The maximum absolute atomic E-state index is 13.3. The molecule has 0 amide bonds. The van der Waals surface area contributed by atoms with Crippen molar-refractivity contribution in [3.63, 3.8) is 0 Å². The van der Waals surface area contributed by atoms with Crippen LogP contribution in [0.15, 0.2) is 80.2 Å². The molecule has 0 aliphatic carbocycles. The number of nitrogens with one attached hydrogen (secondary N) is 1. The van der Waals surface area contributed by atoms with Gasteiger partial charge in [-0.15, -0.1) is 0 Å². The van der Waals surface area contributed by atoms with Gasteiger partial charge in [0.05, 0.1) is 39.3 Å². The van der Waals surface area contributed by atoms with E-state index in [1.165, 1.54) is 50.6 Å². The molecule has 1 aromatic heterocycles. The lowest BCUT2D eigenvalue weighted by Gasteiger charge is -2.10. The van der Waals surface area contributed by atoms with Crippen LogP contribution >= 0.6 is 0 Å². The molecule has 4 rings (SSSR count). The van der Waals surface area contributed by atoms with E-state index < -0.39 is 19.7 Å². The molecular weight excluding hydrogens is 452 g/mol. The van der Waals surface area contributed by atoms with Gasteiger partial charge in [0, 0.05) is 0 Å². The highest BCUT2D eigenvalue weighted by Gasteiger charge is 2.28. The maximum atomic E-state index is 13.3. The topological polar surface area (TPSA) is 115 Å². The number of hydrogen-bond acceptors (Lipinski definition) is 7. The van der Waals surface area contributed by atoms with E-state index in [1.54, 1.807) is 31.2 Å². The van der Waals surface area contributed by atoms with Crippen LogP contribution in [0.5, 0.6) is 11.5 Å². The lowest BCUT2D eigenvalue weighted by atomic mass is 10.3. The molecule has 0 spiro atoms. The Morgan fingerprint density at radius 2 is 1.12 bits per heavy atom. The number of H-pyrrole nitrogens is 1. The average molecular weight is 473 g/mol. The Labute approximate surface area is 185 Å². The number of nitrogens with zero attached hydrogens (tertiary/aromatic N) is 1. The summed E-state index contributed by atoms with van der Waals surface area (Å²) in [5.74, 6) is 1.43. The van der Waals surface area contributed by atoms with Gasteiger partial charge in [-0.05, 0) is 67.6 Å². The van der Waals surface area contributed by atoms with Crippen molar-refractivity contribution in [3.8, 4) is 11.5 Å². The van der Waals surface area contributed by atoms with E-state index in [2.05, 4.69) is 9.97 Å². The first-order valence-electron chi connectivity index (χ1n) is 9.46. The van der Waals surface area contributed by atoms with Gasteiger partial charge in [-0.25, -0.2) is 21.8 Å². The Hall–Kier alpha value is -3.37. The van der Waals surface area contributed by atoms with E-state index in [4.69, 9.17) is 9.47 Å². The molecule has 10 heteroatoms. The van der Waals surface area contributed by atoms with Gasteiger partial charge in [-0.2, -0.15) is 0 Å². The monoisotopic (exact) mass is 472 g/mol. The zero-order chi connectivity index (χ0) is 23.1. The molecule has 4 aromatic rings. The first-order valence-corrected chi connectivity index (χ1v) is 12.4. The van der Waals surface area contributed by atoms with Crippen LogP contribution in [0.1, 0.15) is 5.82 Å². The highest BCUT2D eigenvalue weighted by molar-refractivity contribution is 7.92. The molecule has 1 heterocycles. The molecule has 0 radical (unpaired) electrons.